The van der Waals surface area contributed by atoms with Gasteiger partial charge >= 0.3 is 0 Å². The minimum atomic E-state index is 0.152. The average molecular weight is 256 g/mol. The molecular formula is C15H16N2O2. The maximum absolute atomic E-state index is 9.11. The third kappa shape index (κ3) is 2.27. The van der Waals surface area contributed by atoms with E-state index in [1.807, 2.05) is 18.2 Å². The Balaban J connectivity index is 2.58. The highest BCUT2D eigenvalue weighted by Gasteiger charge is 2.15. The van der Waals surface area contributed by atoms with E-state index in [4.69, 9.17) is 20.1 Å². The zero-order chi connectivity index (χ0) is 14.0. The molecule has 0 unspecified atom stereocenters. The van der Waals surface area contributed by atoms with Crippen molar-refractivity contribution >= 4 is 5.88 Å². The van der Waals surface area contributed by atoms with Crippen LogP contribution in [-0.4, -0.2) is 7.11 Å². The van der Waals surface area contributed by atoms with Gasteiger partial charge in [0.1, 0.15) is 23.6 Å². The van der Waals surface area contributed by atoms with E-state index in [1.165, 1.54) is 6.26 Å². The first-order valence-electron chi connectivity index (χ1n) is 6.03. The molecule has 2 aromatic rings. The fourth-order valence-corrected chi connectivity index (χ4v) is 2.05. The largest absolute Gasteiger partial charge is 0.496 e. The van der Waals surface area contributed by atoms with Gasteiger partial charge in [0.15, 0.2) is 0 Å². The van der Waals surface area contributed by atoms with Crippen molar-refractivity contribution < 1.29 is 9.15 Å². The molecule has 0 bridgehead atoms. The minimum Gasteiger partial charge on any atom is -0.496 e. The van der Waals surface area contributed by atoms with Crippen molar-refractivity contribution in [1.29, 1.82) is 5.26 Å². The van der Waals surface area contributed by atoms with Gasteiger partial charge in [0.05, 0.1) is 7.11 Å². The Hall–Kier alpha value is -2.41. The number of anilines is 1. The highest BCUT2D eigenvalue weighted by atomic mass is 16.5. The number of hydrogen-bond acceptors (Lipinski definition) is 4. The number of nitrogen functional groups attached to an aromatic ring is 1. The summed E-state index contributed by atoms with van der Waals surface area (Å²) in [6.07, 6.45) is 1.51. The van der Waals surface area contributed by atoms with Crippen LogP contribution in [0.1, 0.15) is 30.9 Å². The van der Waals surface area contributed by atoms with E-state index in [1.54, 1.807) is 7.11 Å². The number of nitrogens with zero attached hydrogens (tertiary/aromatic N) is 1. The van der Waals surface area contributed by atoms with Crippen molar-refractivity contribution in [1.82, 2.24) is 0 Å². The molecule has 2 rings (SSSR count). The molecule has 4 heteroatoms. The molecule has 0 saturated carbocycles. The summed E-state index contributed by atoms with van der Waals surface area (Å²) in [6.45, 7) is 4.19. The highest BCUT2D eigenvalue weighted by molar-refractivity contribution is 5.75. The average Bonchev–Trinajstić information content (AvgIpc) is 2.78. The maximum Gasteiger partial charge on any atom is 0.208 e. The number of ether oxygens (including phenoxy) is 1. The standard InChI is InChI=1S/C15H16N2O2/c1-9(2)11-6-10(4-5-14(11)18-3)13-8-19-15(17)12(13)7-16/h4-6,8-9H,17H2,1-3H3. The van der Waals surface area contributed by atoms with Crippen molar-refractivity contribution in [2.75, 3.05) is 12.8 Å². The van der Waals surface area contributed by atoms with Crippen molar-refractivity contribution in [3.63, 3.8) is 0 Å². The number of nitrogens with two attached hydrogens (primary N) is 1. The zero-order valence-electron chi connectivity index (χ0n) is 11.2. The SMILES string of the molecule is COc1ccc(-c2coc(N)c2C#N)cc1C(C)C. The molecule has 0 aliphatic carbocycles. The van der Waals surface area contributed by atoms with Gasteiger partial charge in [-0.1, -0.05) is 19.9 Å². The molecule has 0 amide bonds. The first-order valence-corrected chi connectivity index (χ1v) is 6.03. The van der Waals surface area contributed by atoms with Gasteiger partial charge in [-0.2, -0.15) is 5.26 Å². The summed E-state index contributed by atoms with van der Waals surface area (Å²) in [6, 6.07) is 7.87. The van der Waals surface area contributed by atoms with Gasteiger partial charge in [0.2, 0.25) is 5.88 Å². The maximum atomic E-state index is 9.11. The van der Waals surface area contributed by atoms with Crippen molar-refractivity contribution in [2.24, 2.45) is 0 Å². The second-order valence-electron chi connectivity index (χ2n) is 4.61. The Bertz CT molecular complexity index is 636. The first-order chi connectivity index (χ1) is 9.08. The molecule has 98 valence electrons. The Morgan fingerprint density at radius 3 is 2.68 bits per heavy atom. The van der Waals surface area contributed by atoms with Gasteiger partial charge < -0.3 is 14.9 Å². The van der Waals surface area contributed by atoms with E-state index in [0.29, 0.717) is 17.0 Å². The third-order valence-corrected chi connectivity index (χ3v) is 3.09. The molecule has 4 nitrogen and oxygen atoms in total. The third-order valence-electron chi connectivity index (χ3n) is 3.09. The van der Waals surface area contributed by atoms with Crippen molar-refractivity contribution in [3.05, 3.63) is 35.6 Å². The number of benzene rings is 1. The fourth-order valence-electron chi connectivity index (χ4n) is 2.05. The van der Waals surface area contributed by atoms with E-state index in [-0.39, 0.29) is 5.88 Å². The second-order valence-corrected chi connectivity index (χ2v) is 4.61. The molecule has 1 aromatic heterocycles. The molecule has 0 atom stereocenters. The van der Waals surface area contributed by atoms with Crippen LogP contribution < -0.4 is 10.5 Å². The lowest BCUT2D eigenvalue weighted by molar-refractivity contribution is 0.407. The van der Waals surface area contributed by atoms with Crippen molar-refractivity contribution in [2.45, 2.75) is 19.8 Å². The summed E-state index contributed by atoms with van der Waals surface area (Å²) in [5, 5.41) is 9.11. The fraction of sp³-hybridized carbons (Fsp3) is 0.267. The molecule has 0 aliphatic rings. The molecule has 1 heterocycles. The van der Waals surface area contributed by atoms with Gasteiger partial charge in [0.25, 0.3) is 0 Å². The lowest BCUT2D eigenvalue weighted by atomic mass is 9.96. The summed E-state index contributed by atoms with van der Waals surface area (Å²) >= 11 is 0. The number of methoxy groups -OCH3 is 1. The number of nitriles is 1. The molecule has 0 spiro atoms. The Morgan fingerprint density at radius 2 is 2.11 bits per heavy atom. The second kappa shape index (κ2) is 5.07. The minimum absolute atomic E-state index is 0.152. The number of furan rings is 1. The van der Waals surface area contributed by atoms with Crippen molar-refractivity contribution in [3.8, 4) is 22.9 Å². The van der Waals surface area contributed by atoms with Gasteiger partial charge in [-0.25, -0.2) is 0 Å². The molecular weight excluding hydrogens is 240 g/mol. The van der Waals surface area contributed by atoms with Gasteiger partial charge in [-0.05, 0) is 29.2 Å². The highest BCUT2D eigenvalue weighted by Crippen LogP contribution is 2.34. The van der Waals surface area contributed by atoms with E-state index in [0.717, 1.165) is 16.9 Å². The van der Waals surface area contributed by atoms with Gasteiger partial charge in [-0.15, -0.1) is 0 Å². The van der Waals surface area contributed by atoms with Crippen LogP contribution in [0.3, 0.4) is 0 Å². The van der Waals surface area contributed by atoms with Crippen LogP contribution >= 0.6 is 0 Å². The Kier molecular flexibility index (Phi) is 3.48. The molecule has 19 heavy (non-hydrogen) atoms. The predicted octanol–water partition coefficient (Wildman–Crippen LogP) is 3.53. The lowest BCUT2D eigenvalue weighted by Gasteiger charge is -2.13. The van der Waals surface area contributed by atoms with Crippen LogP contribution in [0, 0.1) is 11.3 Å². The quantitative estimate of drug-likeness (QED) is 0.911. The number of rotatable bonds is 3. The van der Waals surface area contributed by atoms with E-state index < -0.39 is 0 Å². The Morgan fingerprint density at radius 1 is 1.37 bits per heavy atom. The van der Waals surface area contributed by atoms with Gasteiger partial charge in [0, 0.05) is 5.56 Å². The summed E-state index contributed by atoms with van der Waals surface area (Å²) in [4.78, 5) is 0. The van der Waals surface area contributed by atoms with E-state index in [9.17, 15) is 0 Å². The van der Waals surface area contributed by atoms with Crippen LogP contribution in [-0.2, 0) is 0 Å². The molecule has 0 fully saturated rings. The molecule has 0 radical (unpaired) electrons. The molecule has 1 aromatic carbocycles. The molecule has 2 N–H and O–H groups in total. The van der Waals surface area contributed by atoms with Crippen LogP contribution in [0.4, 0.5) is 5.88 Å². The summed E-state index contributed by atoms with van der Waals surface area (Å²) in [5.74, 6) is 1.32. The van der Waals surface area contributed by atoms with Crippen LogP contribution in [0.5, 0.6) is 5.75 Å². The van der Waals surface area contributed by atoms with Gasteiger partial charge in [-0.3, -0.25) is 0 Å². The zero-order valence-corrected chi connectivity index (χ0v) is 11.2. The van der Waals surface area contributed by atoms with E-state index >= 15 is 0 Å². The molecule has 0 aliphatic heterocycles. The summed E-state index contributed by atoms with van der Waals surface area (Å²) < 4.78 is 10.5. The normalized spacial score (nSPS) is 10.5. The molecule has 0 saturated heterocycles. The smallest absolute Gasteiger partial charge is 0.208 e. The predicted molar refractivity (Wildman–Crippen MR) is 73.9 cm³/mol. The van der Waals surface area contributed by atoms with Crippen LogP contribution in [0.25, 0.3) is 11.1 Å². The van der Waals surface area contributed by atoms with Crippen LogP contribution in [0.2, 0.25) is 0 Å². The lowest BCUT2D eigenvalue weighted by Crippen LogP contribution is -1.95. The summed E-state index contributed by atoms with van der Waals surface area (Å²) in [7, 11) is 1.65. The first kappa shape index (κ1) is 13.0. The topological polar surface area (TPSA) is 72.2 Å². The Labute approximate surface area is 112 Å². The van der Waals surface area contributed by atoms with Crippen LogP contribution in [0.15, 0.2) is 28.9 Å². The summed E-state index contributed by atoms with van der Waals surface area (Å²) in [5.41, 5.74) is 8.71. The number of hydrogen-bond donors (Lipinski definition) is 1. The van der Waals surface area contributed by atoms with E-state index in [2.05, 4.69) is 19.9 Å². The monoisotopic (exact) mass is 256 g/mol.